The Kier molecular flexibility index (Phi) is 5.75. The molecule has 7 nitrogen and oxygen atoms in total. The number of sulfonamides is 1. The molecule has 1 unspecified atom stereocenters. The summed E-state index contributed by atoms with van der Waals surface area (Å²) < 4.78 is 52.7. The van der Waals surface area contributed by atoms with Gasteiger partial charge in [0.1, 0.15) is 28.8 Å². The number of nitrogens with one attached hydrogen (secondary N) is 1. The van der Waals surface area contributed by atoms with Crippen LogP contribution in [0.15, 0.2) is 41.3 Å². The second-order valence-electron chi connectivity index (χ2n) is 7.66. The Morgan fingerprint density at radius 3 is 2.77 bits per heavy atom. The number of anilines is 2. The van der Waals surface area contributed by atoms with Crippen LogP contribution in [0.3, 0.4) is 0 Å². The van der Waals surface area contributed by atoms with E-state index in [4.69, 9.17) is 9.47 Å². The number of likely N-dealkylation sites (tertiary alicyclic amines) is 1. The lowest BCUT2D eigenvalue weighted by atomic mass is 10.1. The minimum atomic E-state index is -4.09. The van der Waals surface area contributed by atoms with Gasteiger partial charge in [0.25, 0.3) is 10.0 Å². The highest BCUT2D eigenvalue weighted by molar-refractivity contribution is 7.92. The topological polar surface area (TPSA) is 71.1 Å². The molecule has 4 rings (SSSR count). The summed E-state index contributed by atoms with van der Waals surface area (Å²) in [5.41, 5.74) is 1.27. The van der Waals surface area contributed by atoms with Crippen LogP contribution >= 0.6 is 0 Å². The third-order valence-electron chi connectivity index (χ3n) is 5.70. The van der Waals surface area contributed by atoms with E-state index in [0.29, 0.717) is 24.1 Å². The molecule has 2 aromatic carbocycles. The second-order valence-corrected chi connectivity index (χ2v) is 9.31. The van der Waals surface area contributed by atoms with E-state index in [1.54, 1.807) is 12.1 Å². The fourth-order valence-corrected chi connectivity index (χ4v) is 5.14. The molecule has 2 aromatic rings. The summed E-state index contributed by atoms with van der Waals surface area (Å²) in [5.74, 6) is 0.00171. The van der Waals surface area contributed by atoms with Crippen molar-refractivity contribution in [2.45, 2.75) is 23.8 Å². The molecule has 0 aliphatic carbocycles. The van der Waals surface area contributed by atoms with E-state index in [9.17, 15) is 12.8 Å². The number of nitrogens with zero attached hydrogens (tertiary/aromatic N) is 2. The Morgan fingerprint density at radius 2 is 2.07 bits per heavy atom. The second kappa shape index (κ2) is 8.31. The monoisotopic (exact) mass is 435 g/mol. The van der Waals surface area contributed by atoms with Gasteiger partial charge in [-0.1, -0.05) is 0 Å². The van der Waals surface area contributed by atoms with Crippen LogP contribution in [0.4, 0.5) is 15.8 Å². The molecule has 1 saturated heterocycles. The SMILES string of the molecule is COc1ccc(S(=O)(=O)Nc2ccc3c(c2)OCCN3CC2CCCN2C)c(F)c1. The molecular weight excluding hydrogens is 409 g/mol. The standard InChI is InChI=1S/C21H26FN3O4S/c1-24-9-3-4-16(24)14-25-10-11-29-20-12-15(5-7-19(20)25)23-30(26,27)21-8-6-17(28-2)13-18(21)22/h5-8,12-13,16,23H,3-4,9-11,14H2,1-2H3. The molecular formula is C21H26FN3O4S. The largest absolute Gasteiger partial charge is 0.497 e. The average molecular weight is 436 g/mol. The number of benzene rings is 2. The average Bonchev–Trinajstić information content (AvgIpc) is 3.12. The lowest BCUT2D eigenvalue weighted by Crippen LogP contribution is -2.42. The predicted molar refractivity (Wildman–Crippen MR) is 114 cm³/mol. The van der Waals surface area contributed by atoms with Gasteiger partial charge in [-0.05, 0) is 50.7 Å². The zero-order chi connectivity index (χ0) is 21.3. The Hall–Kier alpha value is -2.52. The molecule has 0 radical (unpaired) electrons. The first kappa shape index (κ1) is 20.7. The molecule has 0 amide bonds. The first-order chi connectivity index (χ1) is 14.4. The first-order valence-corrected chi connectivity index (χ1v) is 11.4. The van der Waals surface area contributed by atoms with Gasteiger partial charge in [0.15, 0.2) is 0 Å². The molecule has 2 aliphatic rings. The number of ether oxygens (including phenoxy) is 2. The lowest BCUT2D eigenvalue weighted by Gasteiger charge is -2.35. The van der Waals surface area contributed by atoms with Gasteiger partial charge in [-0.3, -0.25) is 4.72 Å². The minimum absolute atomic E-state index is 0.252. The van der Waals surface area contributed by atoms with Crippen molar-refractivity contribution in [1.29, 1.82) is 0 Å². The van der Waals surface area contributed by atoms with E-state index >= 15 is 0 Å². The first-order valence-electron chi connectivity index (χ1n) is 9.96. The number of halogens is 1. The van der Waals surface area contributed by atoms with Gasteiger partial charge in [-0.2, -0.15) is 0 Å². The smallest absolute Gasteiger partial charge is 0.264 e. The summed E-state index contributed by atoms with van der Waals surface area (Å²) in [5, 5.41) is 0. The highest BCUT2D eigenvalue weighted by Gasteiger charge is 2.27. The van der Waals surface area contributed by atoms with Crippen molar-refractivity contribution in [1.82, 2.24) is 4.90 Å². The summed E-state index contributed by atoms with van der Waals surface area (Å²) >= 11 is 0. The quantitative estimate of drug-likeness (QED) is 0.752. The van der Waals surface area contributed by atoms with E-state index in [0.717, 1.165) is 31.4 Å². The van der Waals surface area contributed by atoms with Gasteiger partial charge in [-0.25, -0.2) is 12.8 Å². The zero-order valence-electron chi connectivity index (χ0n) is 17.1. The van der Waals surface area contributed by atoms with Crippen LogP contribution < -0.4 is 19.1 Å². The zero-order valence-corrected chi connectivity index (χ0v) is 17.9. The Balaban J connectivity index is 1.54. The van der Waals surface area contributed by atoms with E-state index in [2.05, 4.69) is 21.6 Å². The summed E-state index contributed by atoms with van der Waals surface area (Å²) in [4.78, 5) is 4.22. The van der Waals surface area contributed by atoms with Gasteiger partial charge in [0, 0.05) is 24.7 Å². The van der Waals surface area contributed by atoms with Crippen molar-refractivity contribution in [3.05, 3.63) is 42.2 Å². The number of hydrogen-bond acceptors (Lipinski definition) is 6. The molecule has 1 atom stereocenters. The van der Waals surface area contributed by atoms with Crippen molar-refractivity contribution in [3.8, 4) is 11.5 Å². The third kappa shape index (κ3) is 4.17. The van der Waals surface area contributed by atoms with E-state index in [-0.39, 0.29) is 5.75 Å². The van der Waals surface area contributed by atoms with Crippen LogP contribution in [-0.2, 0) is 10.0 Å². The molecule has 30 heavy (non-hydrogen) atoms. The molecule has 1 fully saturated rings. The van der Waals surface area contributed by atoms with Crippen LogP contribution in [0.1, 0.15) is 12.8 Å². The maximum absolute atomic E-state index is 14.3. The maximum atomic E-state index is 14.3. The predicted octanol–water partition coefficient (Wildman–Crippen LogP) is 2.93. The van der Waals surface area contributed by atoms with Gasteiger partial charge >= 0.3 is 0 Å². The fourth-order valence-electron chi connectivity index (χ4n) is 4.03. The molecule has 0 spiro atoms. The van der Waals surface area contributed by atoms with Crippen LogP contribution in [0.2, 0.25) is 0 Å². The molecule has 0 aromatic heterocycles. The van der Waals surface area contributed by atoms with E-state index in [1.165, 1.54) is 32.1 Å². The maximum Gasteiger partial charge on any atom is 0.264 e. The van der Waals surface area contributed by atoms with Crippen LogP contribution in [0, 0.1) is 5.82 Å². The van der Waals surface area contributed by atoms with Crippen molar-refractivity contribution in [2.75, 3.05) is 50.0 Å². The van der Waals surface area contributed by atoms with Crippen molar-refractivity contribution in [2.24, 2.45) is 0 Å². The summed E-state index contributed by atoms with van der Waals surface area (Å²) in [6.07, 6.45) is 2.38. The van der Waals surface area contributed by atoms with Gasteiger partial charge in [-0.15, -0.1) is 0 Å². The third-order valence-corrected chi connectivity index (χ3v) is 7.12. The van der Waals surface area contributed by atoms with E-state index in [1.807, 2.05) is 6.07 Å². The van der Waals surface area contributed by atoms with Crippen molar-refractivity contribution >= 4 is 21.4 Å². The van der Waals surface area contributed by atoms with Gasteiger partial charge in [0.05, 0.1) is 25.0 Å². The molecule has 2 aliphatic heterocycles. The number of rotatable bonds is 6. The minimum Gasteiger partial charge on any atom is -0.497 e. The van der Waals surface area contributed by atoms with Crippen LogP contribution in [-0.4, -0.2) is 59.8 Å². The summed E-state index contributed by atoms with van der Waals surface area (Å²) in [7, 11) is -0.552. The number of likely N-dealkylation sites (N-methyl/N-ethyl adjacent to an activating group) is 1. The summed E-state index contributed by atoms with van der Waals surface area (Å²) in [6, 6.07) is 9.33. The molecule has 2 heterocycles. The van der Waals surface area contributed by atoms with Crippen molar-refractivity contribution < 1.29 is 22.3 Å². The molecule has 1 N–H and O–H groups in total. The number of hydrogen-bond donors (Lipinski definition) is 1. The molecule has 162 valence electrons. The molecule has 9 heteroatoms. The summed E-state index contributed by atoms with van der Waals surface area (Å²) in [6.45, 7) is 3.35. The van der Waals surface area contributed by atoms with Gasteiger partial charge < -0.3 is 19.3 Å². The Morgan fingerprint density at radius 1 is 1.23 bits per heavy atom. The van der Waals surface area contributed by atoms with Crippen LogP contribution in [0.25, 0.3) is 0 Å². The highest BCUT2D eigenvalue weighted by Crippen LogP contribution is 2.35. The van der Waals surface area contributed by atoms with Gasteiger partial charge in [0.2, 0.25) is 0 Å². The highest BCUT2D eigenvalue weighted by atomic mass is 32.2. The Bertz CT molecular complexity index is 1030. The number of methoxy groups -OCH3 is 1. The fraction of sp³-hybridized carbons (Fsp3) is 0.429. The van der Waals surface area contributed by atoms with Crippen molar-refractivity contribution in [3.63, 3.8) is 0 Å². The van der Waals surface area contributed by atoms with E-state index < -0.39 is 20.7 Å². The Labute approximate surface area is 176 Å². The normalized spacial score (nSPS) is 19.3. The lowest BCUT2D eigenvalue weighted by molar-refractivity contribution is 0.281. The molecule has 0 saturated carbocycles. The van der Waals surface area contributed by atoms with Crippen LogP contribution in [0.5, 0.6) is 11.5 Å². The molecule has 0 bridgehead atoms. The number of fused-ring (bicyclic) bond motifs is 1.